The van der Waals surface area contributed by atoms with Gasteiger partial charge in [0.05, 0.1) is 18.4 Å². The number of carbonyl (C=O) groups is 1. The molecule has 118 valence electrons. The van der Waals surface area contributed by atoms with Crippen LogP contribution in [0.25, 0.3) is 11.7 Å². The van der Waals surface area contributed by atoms with Crippen LogP contribution in [0.3, 0.4) is 0 Å². The van der Waals surface area contributed by atoms with Crippen molar-refractivity contribution in [2.75, 3.05) is 0 Å². The van der Waals surface area contributed by atoms with E-state index in [2.05, 4.69) is 17.2 Å². The summed E-state index contributed by atoms with van der Waals surface area (Å²) >= 11 is 0. The number of amides is 1. The summed E-state index contributed by atoms with van der Waals surface area (Å²) in [6, 6.07) is 3.88. The van der Waals surface area contributed by atoms with Crippen LogP contribution in [0.2, 0.25) is 0 Å². The molecule has 0 aromatic carbocycles. The van der Waals surface area contributed by atoms with E-state index in [9.17, 15) is 4.79 Å². The number of aromatic nitrogens is 1. The summed E-state index contributed by atoms with van der Waals surface area (Å²) in [5.74, 6) is 2.47. The minimum Gasteiger partial charge on any atom is -0.459 e. The van der Waals surface area contributed by atoms with Crippen molar-refractivity contribution < 1.29 is 13.6 Å². The molecule has 2 aromatic rings. The molecular weight excluding hydrogens is 280 g/mol. The molecule has 2 aromatic heterocycles. The van der Waals surface area contributed by atoms with Gasteiger partial charge in [-0.15, -0.1) is 0 Å². The maximum Gasteiger partial charge on any atom is 0.263 e. The van der Waals surface area contributed by atoms with Crippen LogP contribution in [0, 0.1) is 12.8 Å². The zero-order valence-corrected chi connectivity index (χ0v) is 13.1. The lowest BCUT2D eigenvalue weighted by atomic mass is 9.87. The number of aryl methyl sites for hydroxylation is 1. The van der Waals surface area contributed by atoms with Gasteiger partial charge < -0.3 is 14.2 Å². The van der Waals surface area contributed by atoms with Gasteiger partial charge in [0, 0.05) is 6.04 Å². The summed E-state index contributed by atoms with van der Waals surface area (Å²) in [7, 11) is 0. The highest BCUT2D eigenvalue weighted by Gasteiger charge is 2.21. The Kier molecular flexibility index (Phi) is 4.32. The zero-order chi connectivity index (χ0) is 15.5. The Morgan fingerprint density at radius 3 is 2.82 bits per heavy atom. The number of furan rings is 1. The summed E-state index contributed by atoms with van der Waals surface area (Å²) in [6.45, 7) is 4.09. The van der Waals surface area contributed by atoms with Gasteiger partial charge in [0.25, 0.3) is 5.89 Å². The highest BCUT2D eigenvalue weighted by Crippen LogP contribution is 2.24. The lowest BCUT2D eigenvalue weighted by Gasteiger charge is -2.26. The summed E-state index contributed by atoms with van der Waals surface area (Å²) in [5.41, 5.74) is 0.674. The van der Waals surface area contributed by atoms with Crippen LogP contribution < -0.4 is 5.32 Å². The van der Waals surface area contributed by atoms with E-state index >= 15 is 0 Å². The molecule has 1 saturated carbocycles. The van der Waals surface area contributed by atoms with E-state index in [1.54, 1.807) is 18.4 Å². The molecule has 5 nitrogen and oxygen atoms in total. The molecule has 3 rings (SSSR count). The first-order valence-corrected chi connectivity index (χ1v) is 7.91. The van der Waals surface area contributed by atoms with E-state index in [4.69, 9.17) is 8.83 Å². The Morgan fingerprint density at radius 1 is 1.36 bits per heavy atom. The predicted octanol–water partition coefficient (Wildman–Crippen LogP) is 3.48. The van der Waals surface area contributed by atoms with Gasteiger partial charge >= 0.3 is 0 Å². The van der Waals surface area contributed by atoms with E-state index in [0.29, 0.717) is 29.1 Å². The van der Waals surface area contributed by atoms with E-state index in [1.165, 1.54) is 12.8 Å². The quantitative estimate of drug-likeness (QED) is 0.938. The van der Waals surface area contributed by atoms with Crippen LogP contribution >= 0.6 is 0 Å². The summed E-state index contributed by atoms with van der Waals surface area (Å²) < 4.78 is 10.8. The van der Waals surface area contributed by atoms with Gasteiger partial charge in [-0.1, -0.05) is 6.92 Å². The lowest BCUT2D eigenvalue weighted by molar-refractivity contribution is -0.121. The Morgan fingerprint density at radius 2 is 2.14 bits per heavy atom. The third kappa shape index (κ3) is 3.40. The highest BCUT2D eigenvalue weighted by molar-refractivity contribution is 5.78. The largest absolute Gasteiger partial charge is 0.459 e. The van der Waals surface area contributed by atoms with Crippen molar-refractivity contribution in [3.05, 3.63) is 29.9 Å². The average Bonchev–Trinajstić information content (AvgIpc) is 3.12. The Labute approximate surface area is 130 Å². The smallest absolute Gasteiger partial charge is 0.263 e. The van der Waals surface area contributed by atoms with Crippen LogP contribution in [0.5, 0.6) is 0 Å². The number of nitrogens with one attached hydrogen (secondary N) is 1. The van der Waals surface area contributed by atoms with E-state index < -0.39 is 0 Å². The summed E-state index contributed by atoms with van der Waals surface area (Å²) in [4.78, 5) is 16.6. The molecule has 1 N–H and O–H groups in total. The number of carbonyl (C=O) groups excluding carboxylic acids is 1. The molecule has 0 saturated heterocycles. The van der Waals surface area contributed by atoms with E-state index in [1.807, 2.05) is 6.92 Å². The van der Waals surface area contributed by atoms with Gasteiger partial charge in [-0.3, -0.25) is 4.79 Å². The second kappa shape index (κ2) is 6.38. The van der Waals surface area contributed by atoms with Gasteiger partial charge in [0.1, 0.15) is 5.76 Å². The van der Waals surface area contributed by atoms with E-state index in [0.717, 1.165) is 18.8 Å². The lowest BCUT2D eigenvalue weighted by Crippen LogP contribution is -2.38. The third-order valence-electron chi connectivity index (χ3n) is 4.33. The Hall–Kier alpha value is -2.04. The van der Waals surface area contributed by atoms with Gasteiger partial charge in [-0.25, -0.2) is 4.98 Å². The van der Waals surface area contributed by atoms with Gasteiger partial charge in [-0.2, -0.15) is 0 Å². The van der Waals surface area contributed by atoms with Crippen LogP contribution in [-0.4, -0.2) is 16.9 Å². The molecule has 1 amide bonds. The minimum absolute atomic E-state index is 0.0157. The van der Waals surface area contributed by atoms with Crippen LogP contribution in [0.15, 0.2) is 27.2 Å². The average molecular weight is 302 g/mol. The number of rotatable bonds is 4. The van der Waals surface area contributed by atoms with Gasteiger partial charge in [-0.05, 0) is 50.7 Å². The van der Waals surface area contributed by atoms with Crippen molar-refractivity contribution in [2.24, 2.45) is 5.92 Å². The van der Waals surface area contributed by atoms with Crippen molar-refractivity contribution in [1.82, 2.24) is 10.3 Å². The molecule has 0 aliphatic heterocycles. The molecule has 0 unspecified atom stereocenters. The predicted molar refractivity (Wildman–Crippen MR) is 82.2 cm³/mol. The van der Waals surface area contributed by atoms with Crippen LogP contribution in [0.1, 0.15) is 44.1 Å². The van der Waals surface area contributed by atoms with Crippen LogP contribution in [0.4, 0.5) is 0 Å². The number of hydrogen-bond donors (Lipinski definition) is 1. The summed E-state index contributed by atoms with van der Waals surface area (Å²) in [6.07, 6.45) is 6.35. The third-order valence-corrected chi connectivity index (χ3v) is 4.33. The fourth-order valence-corrected chi connectivity index (χ4v) is 2.93. The van der Waals surface area contributed by atoms with Crippen molar-refractivity contribution in [3.8, 4) is 11.7 Å². The fraction of sp³-hybridized carbons (Fsp3) is 0.529. The zero-order valence-electron chi connectivity index (χ0n) is 13.1. The Balaban J connectivity index is 1.60. The number of nitrogens with zero attached hydrogens (tertiary/aromatic N) is 1. The molecular formula is C17H22N2O3. The molecule has 0 spiro atoms. The summed E-state index contributed by atoms with van der Waals surface area (Å²) in [5, 5.41) is 3.12. The van der Waals surface area contributed by atoms with Crippen LogP contribution in [-0.2, 0) is 11.2 Å². The Bertz CT molecular complexity index is 622. The minimum atomic E-state index is 0.0157. The first-order chi connectivity index (χ1) is 10.6. The molecule has 1 aliphatic carbocycles. The van der Waals surface area contributed by atoms with Crippen molar-refractivity contribution in [1.29, 1.82) is 0 Å². The fourth-order valence-electron chi connectivity index (χ4n) is 2.93. The molecule has 0 radical (unpaired) electrons. The van der Waals surface area contributed by atoms with Gasteiger partial charge in [0.2, 0.25) is 5.91 Å². The monoisotopic (exact) mass is 302 g/mol. The van der Waals surface area contributed by atoms with Crippen molar-refractivity contribution >= 4 is 5.91 Å². The maximum absolute atomic E-state index is 12.2. The standard InChI is InChI=1S/C17H22N2O3/c1-11-5-7-13(8-6-11)18-16(20)10-14-12(2)22-17(19-14)15-4-3-9-21-15/h3-4,9,11,13H,5-8,10H2,1-2H3,(H,18,20). The van der Waals surface area contributed by atoms with Gasteiger partial charge in [0.15, 0.2) is 5.76 Å². The number of oxazole rings is 1. The normalized spacial score (nSPS) is 21.7. The molecule has 1 fully saturated rings. The molecule has 0 bridgehead atoms. The first-order valence-electron chi connectivity index (χ1n) is 7.91. The molecule has 22 heavy (non-hydrogen) atoms. The molecule has 2 heterocycles. The molecule has 5 heteroatoms. The topological polar surface area (TPSA) is 68.3 Å². The molecule has 1 aliphatic rings. The number of hydrogen-bond acceptors (Lipinski definition) is 4. The van der Waals surface area contributed by atoms with Crippen molar-refractivity contribution in [2.45, 2.75) is 52.0 Å². The first kappa shape index (κ1) is 14.9. The second-order valence-electron chi connectivity index (χ2n) is 6.20. The van der Waals surface area contributed by atoms with E-state index in [-0.39, 0.29) is 12.3 Å². The maximum atomic E-state index is 12.2. The molecule has 0 atom stereocenters. The second-order valence-corrected chi connectivity index (χ2v) is 6.20. The SMILES string of the molecule is Cc1oc(-c2ccco2)nc1CC(=O)NC1CCC(C)CC1. The highest BCUT2D eigenvalue weighted by atomic mass is 16.4. The van der Waals surface area contributed by atoms with Crippen molar-refractivity contribution in [3.63, 3.8) is 0 Å².